The number of halogens is 2. The summed E-state index contributed by atoms with van der Waals surface area (Å²) in [6.07, 6.45) is 3.57. The molecule has 4 nitrogen and oxygen atoms in total. The maximum Gasteiger partial charge on any atom is 0.143 e. The molecule has 2 aromatic heterocycles. The summed E-state index contributed by atoms with van der Waals surface area (Å²) in [7, 11) is 0. The number of hydrogen-bond acceptors (Lipinski definition) is 5. The van der Waals surface area contributed by atoms with Crippen molar-refractivity contribution in [1.82, 2.24) is 9.97 Å². The van der Waals surface area contributed by atoms with Crippen LogP contribution in [0.3, 0.4) is 0 Å². The number of aryl methyl sites for hydroxylation is 2. The largest absolute Gasteiger partial charge is 0.489 e. The summed E-state index contributed by atoms with van der Waals surface area (Å²) in [6.45, 7) is 4.34. The van der Waals surface area contributed by atoms with E-state index in [1.54, 1.807) is 11.3 Å². The third-order valence-electron chi connectivity index (χ3n) is 5.78. The van der Waals surface area contributed by atoms with Gasteiger partial charge in [-0.1, -0.05) is 26.0 Å². The van der Waals surface area contributed by atoms with Crippen LogP contribution in [0.15, 0.2) is 54.7 Å². The molecule has 1 N–H and O–H groups in total. The second-order valence-corrected chi connectivity index (χ2v) is 8.97. The van der Waals surface area contributed by atoms with Gasteiger partial charge in [-0.25, -0.2) is 13.8 Å². The van der Waals surface area contributed by atoms with E-state index in [1.807, 2.05) is 30.5 Å². The Labute approximate surface area is 195 Å². The minimum atomic E-state index is -0.596. The minimum Gasteiger partial charge on any atom is -0.489 e. The molecule has 1 aliphatic rings. The molecule has 3 heterocycles. The van der Waals surface area contributed by atoms with Crippen LogP contribution >= 0.6 is 11.3 Å². The summed E-state index contributed by atoms with van der Waals surface area (Å²) in [5, 5.41) is 4.18. The van der Waals surface area contributed by atoms with E-state index in [0.29, 0.717) is 11.4 Å². The Kier molecular flexibility index (Phi) is 5.81. The molecule has 0 spiro atoms. The summed E-state index contributed by atoms with van der Waals surface area (Å²) >= 11 is 1.69. The molecule has 33 heavy (non-hydrogen) atoms. The van der Waals surface area contributed by atoms with Gasteiger partial charge in [-0.15, -0.1) is 11.3 Å². The number of nitrogens with one attached hydrogen (secondary N) is 1. The number of anilines is 1. The van der Waals surface area contributed by atoms with Gasteiger partial charge >= 0.3 is 0 Å². The topological polar surface area (TPSA) is 47.0 Å². The Balaban J connectivity index is 1.46. The SMILES string of the molecule is CCc1cc(-c2nc(-c3ccc4c(c3)OCC(c3c(F)cccc3F)N4)c(CC)s2)ccn1. The minimum absolute atomic E-state index is 0.00608. The van der Waals surface area contributed by atoms with Crippen molar-refractivity contribution in [2.45, 2.75) is 32.7 Å². The van der Waals surface area contributed by atoms with Crippen LogP contribution in [0.1, 0.15) is 36.0 Å². The van der Waals surface area contributed by atoms with Crippen LogP contribution in [0.5, 0.6) is 5.75 Å². The quantitative estimate of drug-likeness (QED) is 0.353. The lowest BCUT2D eigenvalue weighted by Crippen LogP contribution is -2.25. The molecule has 0 radical (unpaired) electrons. The zero-order chi connectivity index (χ0) is 22.9. The van der Waals surface area contributed by atoms with E-state index >= 15 is 0 Å². The molecule has 0 amide bonds. The van der Waals surface area contributed by atoms with Gasteiger partial charge in [0.2, 0.25) is 0 Å². The number of rotatable bonds is 5. The highest BCUT2D eigenvalue weighted by molar-refractivity contribution is 7.15. The number of nitrogens with zero attached hydrogens (tertiary/aromatic N) is 2. The average Bonchev–Trinajstić information content (AvgIpc) is 3.28. The predicted molar refractivity (Wildman–Crippen MR) is 128 cm³/mol. The molecule has 0 saturated heterocycles. The molecule has 168 valence electrons. The van der Waals surface area contributed by atoms with E-state index in [2.05, 4.69) is 30.2 Å². The third kappa shape index (κ3) is 4.09. The molecule has 1 aliphatic heterocycles. The van der Waals surface area contributed by atoms with Crippen LogP contribution in [-0.2, 0) is 12.8 Å². The lowest BCUT2D eigenvalue weighted by molar-refractivity contribution is 0.280. The first-order chi connectivity index (χ1) is 16.1. The summed E-state index contributed by atoms with van der Waals surface area (Å²) in [5.74, 6) is -0.517. The number of hydrogen-bond donors (Lipinski definition) is 1. The highest BCUT2D eigenvalue weighted by Gasteiger charge is 2.26. The van der Waals surface area contributed by atoms with Crippen LogP contribution < -0.4 is 10.1 Å². The lowest BCUT2D eigenvalue weighted by Gasteiger charge is -2.28. The van der Waals surface area contributed by atoms with Gasteiger partial charge in [-0.2, -0.15) is 0 Å². The molecule has 2 aromatic carbocycles. The molecule has 0 saturated carbocycles. The number of benzene rings is 2. The number of aromatic nitrogens is 2. The average molecular weight is 464 g/mol. The fourth-order valence-corrected chi connectivity index (χ4v) is 5.07. The van der Waals surface area contributed by atoms with E-state index in [1.165, 1.54) is 23.1 Å². The van der Waals surface area contributed by atoms with Crippen molar-refractivity contribution in [3.63, 3.8) is 0 Å². The Morgan fingerprint density at radius 1 is 1.03 bits per heavy atom. The summed E-state index contributed by atoms with van der Waals surface area (Å²) in [5.41, 5.74) is 4.69. The van der Waals surface area contributed by atoms with Gasteiger partial charge in [0.25, 0.3) is 0 Å². The Hall–Kier alpha value is -3.32. The van der Waals surface area contributed by atoms with Crippen LogP contribution in [0.4, 0.5) is 14.5 Å². The van der Waals surface area contributed by atoms with Gasteiger partial charge in [0.15, 0.2) is 0 Å². The maximum absolute atomic E-state index is 14.2. The Morgan fingerprint density at radius 2 is 1.85 bits per heavy atom. The molecular weight excluding hydrogens is 440 g/mol. The second-order valence-electron chi connectivity index (χ2n) is 7.89. The van der Waals surface area contributed by atoms with Crippen LogP contribution in [-0.4, -0.2) is 16.6 Å². The van der Waals surface area contributed by atoms with Crippen LogP contribution in [0.2, 0.25) is 0 Å². The molecular formula is C26H23F2N3OS. The molecule has 5 rings (SSSR count). The van der Waals surface area contributed by atoms with E-state index < -0.39 is 17.7 Å². The van der Waals surface area contributed by atoms with E-state index in [-0.39, 0.29) is 12.2 Å². The third-order valence-corrected chi connectivity index (χ3v) is 7.03. The van der Waals surface area contributed by atoms with E-state index in [4.69, 9.17) is 9.72 Å². The molecule has 0 bridgehead atoms. The van der Waals surface area contributed by atoms with Gasteiger partial charge in [0, 0.05) is 33.5 Å². The predicted octanol–water partition coefficient (Wildman–Crippen LogP) is 6.82. The summed E-state index contributed by atoms with van der Waals surface area (Å²) < 4.78 is 34.4. The highest BCUT2D eigenvalue weighted by atomic mass is 32.1. The first-order valence-corrected chi connectivity index (χ1v) is 11.8. The smallest absolute Gasteiger partial charge is 0.143 e. The van der Waals surface area contributed by atoms with E-state index in [0.717, 1.165) is 40.4 Å². The molecule has 0 aliphatic carbocycles. The normalized spacial score (nSPS) is 15.0. The van der Waals surface area contributed by atoms with Crippen LogP contribution in [0, 0.1) is 11.6 Å². The van der Waals surface area contributed by atoms with Gasteiger partial charge < -0.3 is 10.1 Å². The van der Waals surface area contributed by atoms with Gasteiger partial charge in [-0.3, -0.25) is 4.98 Å². The van der Waals surface area contributed by atoms with Crippen molar-refractivity contribution >= 4 is 17.0 Å². The standard InChI is InChI=1S/C26H23F2N3OS/c1-3-17-12-16(10-11-29-17)26-31-25(23(4-2)33-26)15-8-9-20-22(13-15)32-14-21(30-20)24-18(27)6-5-7-19(24)28/h5-13,21,30H,3-4,14H2,1-2H3. The molecule has 1 unspecified atom stereocenters. The monoisotopic (exact) mass is 463 g/mol. The van der Waals surface area contributed by atoms with Crippen molar-refractivity contribution < 1.29 is 13.5 Å². The van der Waals surface area contributed by atoms with Gasteiger partial charge in [0.05, 0.1) is 17.4 Å². The zero-order valence-corrected chi connectivity index (χ0v) is 19.2. The van der Waals surface area contributed by atoms with Crippen molar-refractivity contribution in [1.29, 1.82) is 0 Å². The van der Waals surface area contributed by atoms with Crippen molar-refractivity contribution in [2.75, 3.05) is 11.9 Å². The van der Waals surface area contributed by atoms with Gasteiger partial charge in [-0.05, 0) is 49.2 Å². The number of pyridine rings is 1. The molecule has 1 atom stereocenters. The summed E-state index contributed by atoms with van der Waals surface area (Å²) in [6, 6.07) is 13.2. The first kappa shape index (κ1) is 21.5. The zero-order valence-electron chi connectivity index (χ0n) is 18.4. The molecule has 4 aromatic rings. The first-order valence-electron chi connectivity index (χ1n) is 11.0. The van der Waals surface area contributed by atoms with Crippen molar-refractivity contribution in [2.24, 2.45) is 0 Å². The fraction of sp³-hybridized carbons (Fsp3) is 0.231. The van der Waals surface area contributed by atoms with Crippen molar-refractivity contribution in [3.05, 3.63) is 82.5 Å². The lowest BCUT2D eigenvalue weighted by atomic mass is 10.0. The van der Waals surface area contributed by atoms with Crippen LogP contribution in [0.25, 0.3) is 21.8 Å². The second kappa shape index (κ2) is 8.90. The number of fused-ring (bicyclic) bond motifs is 1. The van der Waals surface area contributed by atoms with Gasteiger partial charge in [0.1, 0.15) is 29.0 Å². The number of thiazole rings is 1. The van der Waals surface area contributed by atoms with E-state index in [9.17, 15) is 8.78 Å². The Bertz CT molecular complexity index is 1300. The number of ether oxygens (including phenoxy) is 1. The highest BCUT2D eigenvalue weighted by Crippen LogP contribution is 2.40. The maximum atomic E-state index is 14.2. The molecule has 0 fully saturated rings. The van der Waals surface area contributed by atoms with Crippen molar-refractivity contribution in [3.8, 4) is 27.6 Å². The molecule has 7 heteroatoms. The fourth-order valence-electron chi connectivity index (χ4n) is 4.05. The summed E-state index contributed by atoms with van der Waals surface area (Å²) in [4.78, 5) is 10.5. The Morgan fingerprint density at radius 3 is 2.61 bits per heavy atom.